The predicted octanol–water partition coefficient (Wildman–Crippen LogP) is 2.47. The molecule has 1 aromatic rings. The van der Waals surface area contributed by atoms with Crippen molar-refractivity contribution in [2.24, 2.45) is 5.92 Å². The summed E-state index contributed by atoms with van der Waals surface area (Å²) in [5, 5.41) is 3.80. The van der Waals surface area contributed by atoms with Gasteiger partial charge in [0.25, 0.3) is 0 Å². The van der Waals surface area contributed by atoms with Gasteiger partial charge in [0, 0.05) is 12.1 Å². The third-order valence-electron chi connectivity index (χ3n) is 4.76. The molecule has 0 spiro atoms. The van der Waals surface area contributed by atoms with Crippen LogP contribution >= 0.6 is 0 Å². The SMILES string of the molecule is c1ccc2c(c1)C[C@H]1[C@@H]2C[C@@H]2CC[C@H]1N2. The van der Waals surface area contributed by atoms with Crippen molar-refractivity contribution in [2.75, 3.05) is 0 Å². The highest BCUT2D eigenvalue weighted by atomic mass is 15.0. The van der Waals surface area contributed by atoms with Crippen LogP contribution in [-0.2, 0) is 6.42 Å². The highest BCUT2D eigenvalue weighted by molar-refractivity contribution is 5.38. The van der Waals surface area contributed by atoms with Gasteiger partial charge in [-0.15, -0.1) is 0 Å². The van der Waals surface area contributed by atoms with E-state index in [1.165, 1.54) is 25.7 Å². The average Bonchev–Trinajstić information content (AvgIpc) is 2.83. The number of benzene rings is 1. The molecule has 2 saturated heterocycles. The second-order valence-electron chi connectivity index (χ2n) is 5.46. The fourth-order valence-electron chi connectivity index (χ4n) is 4.11. The summed E-state index contributed by atoms with van der Waals surface area (Å²) < 4.78 is 0. The Morgan fingerprint density at radius 2 is 2.07 bits per heavy atom. The molecule has 1 heteroatoms. The molecule has 0 unspecified atom stereocenters. The van der Waals surface area contributed by atoms with Gasteiger partial charge >= 0.3 is 0 Å². The van der Waals surface area contributed by atoms with Gasteiger partial charge in [-0.2, -0.15) is 0 Å². The first-order valence-electron chi connectivity index (χ1n) is 6.25. The molecule has 0 radical (unpaired) electrons. The first kappa shape index (κ1) is 8.35. The third-order valence-corrected chi connectivity index (χ3v) is 4.76. The molecule has 2 heterocycles. The van der Waals surface area contributed by atoms with Crippen LogP contribution in [0.25, 0.3) is 0 Å². The van der Waals surface area contributed by atoms with Crippen LogP contribution in [0, 0.1) is 5.92 Å². The zero-order valence-electron chi connectivity index (χ0n) is 8.95. The minimum absolute atomic E-state index is 0.821. The summed E-state index contributed by atoms with van der Waals surface area (Å²) >= 11 is 0. The molecule has 1 aromatic carbocycles. The van der Waals surface area contributed by atoms with E-state index in [2.05, 4.69) is 29.6 Å². The van der Waals surface area contributed by atoms with Gasteiger partial charge in [-0.05, 0) is 48.6 Å². The summed E-state index contributed by atoms with van der Waals surface area (Å²) in [4.78, 5) is 0. The van der Waals surface area contributed by atoms with E-state index < -0.39 is 0 Å². The second kappa shape index (κ2) is 2.85. The van der Waals surface area contributed by atoms with Gasteiger partial charge in [-0.25, -0.2) is 0 Å². The molecule has 4 atom stereocenters. The van der Waals surface area contributed by atoms with Gasteiger partial charge in [0.05, 0.1) is 0 Å². The number of nitrogens with one attached hydrogen (secondary N) is 1. The molecule has 2 bridgehead atoms. The maximum absolute atomic E-state index is 3.80. The van der Waals surface area contributed by atoms with Crippen LogP contribution in [0.5, 0.6) is 0 Å². The number of hydrogen-bond donors (Lipinski definition) is 1. The fraction of sp³-hybridized carbons (Fsp3) is 0.571. The molecule has 0 amide bonds. The summed E-state index contributed by atoms with van der Waals surface area (Å²) in [5.74, 6) is 1.78. The first-order valence-corrected chi connectivity index (χ1v) is 6.25. The average molecular weight is 199 g/mol. The van der Waals surface area contributed by atoms with E-state index in [-0.39, 0.29) is 0 Å². The Morgan fingerprint density at radius 1 is 1.13 bits per heavy atom. The molecule has 78 valence electrons. The molecule has 4 rings (SSSR count). The Kier molecular flexibility index (Phi) is 1.59. The number of rotatable bonds is 0. The number of hydrogen-bond acceptors (Lipinski definition) is 1. The van der Waals surface area contributed by atoms with E-state index in [1.54, 1.807) is 11.1 Å². The summed E-state index contributed by atoms with van der Waals surface area (Å²) in [6, 6.07) is 10.8. The third kappa shape index (κ3) is 1.07. The van der Waals surface area contributed by atoms with Crippen LogP contribution < -0.4 is 5.32 Å². The van der Waals surface area contributed by atoms with Crippen molar-refractivity contribution in [1.82, 2.24) is 5.32 Å². The van der Waals surface area contributed by atoms with Crippen LogP contribution in [-0.4, -0.2) is 12.1 Å². The second-order valence-corrected chi connectivity index (χ2v) is 5.46. The largest absolute Gasteiger partial charge is 0.311 e. The zero-order chi connectivity index (χ0) is 9.83. The Labute approximate surface area is 90.9 Å². The highest BCUT2D eigenvalue weighted by Gasteiger charge is 2.45. The van der Waals surface area contributed by atoms with Crippen molar-refractivity contribution in [1.29, 1.82) is 0 Å². The quantitative estimate of drug-likeness (QED) is 0.677. The highest BCUT2D eigenvalue weighted by Crippen LogP contribution is 2.48. The molecule has 0 aromatic heterocycles. The molecule has 0 saturated carbocycles. The van der Waals surface area contributed by atoms with Crippen molar-refractivity contribution >= 4 is 0 Å². The van der Waals surface area contributed by atoms with Crippen molar-refractivity contribution in [3.05, 3.63) is 35.4 Å². The molecule has 1 nitrogen and oxygen atoms in total. The standard InChI is InChI=1S/C14H17N/c1-2-4-11-9(3-1)7-13-12(11)8-10-5-6-14(13)15-10/h1-4,10,12-15H,5-8H2/t10-,12+,13-,14+/m0/s1. The maximum atomic E-state index is 3.80. The summed E-state index contributed by atoms with van der Waals surface area (Å²) in [7, 11) is 0. The fourth-order valence-corrected chi connectivity index (χ4v) is 4.11. The molecule has 3 aliphatic rings. The van der Waals surface area contributed by atoms with Crippen LogP contribution in [0.2, 0.25) is 0 Å². The van der Waals surface area contributed by atoms with E-state index in [0.29, 0.717) is 0 Å². The predicted molar refractivity (Wildman–Crippen MR) is 60.9 cm³/mol. The van der Waals surface area contributed by atoms with E-state index in [4.69, 9.17) is 0 Å². The van der Waals surface area contributed by atoms with Crippen LogP contribution in [0.15, 0.2) is 24.3 Å². The van der Waals surface area contributed by atoms with Gasteiger partial charge in [0.2, 0.25) is 0 Å². The summed E-state index contributed by atoms with van der Waals surface area (Å²) in [6.45, 7) is 0. The van der Waals surface area contributed by atoms with Crippen LogP contribution in [0.4, 0.5) is 0 Å². The van der Waals surface area contributed by atoms with Gasteiger partial charge in [0.15, 0.2) is 0 Å². The first-order chi connectivity index (χ1) is 7.42. The van der Waals surface area contributed by atoms with Gasteiger partial charge in [-0.3, -0.25) is 0 Å². The van der Waals surface area contributed by atoms with Crippen molar-refractivity contribution in [2.45, 2.75) is 43.7 Å². The van der Waals surface area contributed by atoms with E-state index in [0.717, 1.165) is 23.9 Å². The Balaban J connectivity index is 1.78. The summed E-state index contributed by atoms with van der Waals surface area (Å²) in [6.07, 6.45) is 5.54. The maximum Gasteiger partial charge on any atom is 0.0107 e. The molecular weight excluding hydrogens is 182 g/mol. The van der Waals surface area contributed by atoms with E-state index >= 15 is 0 Å². The Hall–Kier alpha value is -0.820. The molecule has 15 heavy (non-hydrogen) atoms. The lowest BCUT2D eigenvalue weighted by atomic mass is 9.82. The van der Waals surface area contributed by atoms with Gasteiger partial charge in [0.1, 0.15) is 0 Å². The zero-order valence-corrected chi connectivity index (χ0v) is 8.95. The Bertz CT molecular complexity index is 398. The van der Waals surface area contributed by atoms with Gasteiger partial charge < -0.3 is 5.32 Å². The van der Waals surface area contributed by atoms with E-state index in [1.807, 2.05) is 0 Å². The van der Waals surface area contributed by atoms with Crippen LogP contribution in [0.1, 0.15) is 36.3 Å². The van der Waals surface area contributed by atoms with E-state index in [9.17, 15) is 0 Å². The number of piperidine rings is 1. The summed E-state index contributed by atoms with van der Waals surface area (Å²) in [5.41, 5.74) is 3.29. The lowest BCUT2D eigenvalue weighted by molar-refractivity contribution is 0.268. The van der Waals surface area contributed by atoms with Gasteiger partial charge in [-0.1, -0.05) is 24.3 Å². The topological polar surface area (TPSA) is 12.0 Å². The molecular formula is C14H17N. The smallest absolute Gasteiger partial charge is 0.0107 e. The normalized spacial score (nSPS) is 41.3. The molecule has 1 N–H and O–H groups in total. The van der Waals surface area contributed by atoms with Crippen molar-refractivity contribution < 1.29 is 0 Å². The minimum atomic E-state index is 0.821. The van der Waals surface area contributed by atoms with Crippen molar-refractivity contribution in [3.8, 4) is 0 Å². The minimum Gasteiger partial charge on any atom is -0.311 e. The number of fused-ring (bicyclic) bond motifs is 6. The molecule has 2 aliphatic heterocycles. The van der Waals surface area contributed by atoms with Crippen molar-refractivity contribution in [3.63, 3.8) is 0 Å². The lowest BCUT2D eigenvalue weighted by Gasteiger charge is -2.33. The molecule has 2 fully saturated rings. The van der Waals surface area contributed by atoms with Crippen LogP contribution in [0.3, 0.4) is 0 Å². The monoisotopic (exact) mass is 199 g/mol. The molecule has 1 aliphatic carbocycles. The lowest BCUT2D eigenvalue weighted by Crippen LogP contribution is -2.43. The Morgan fingerprint density at radius 3 is 3.07 bits per heavy atom.